The van der Waals surface area contributed by atoms with Gasteiger partial charge >= 0.3 is 11.9 Å². The minimum atomic E-state index is -0.421. The molecule has 1 fully saturated rings. The zero-order valence-corrected chi connectivity index (χ0v) is 11.1. The molecule has 0 aromatic heterocycles. The van der Waals surface area contributed by atoms with Gasteiger partial charge in [0.25, 0.3) is 0 Å². The Morgan fingerprint density at radius 1 is 1.16 bits per heavy atom. The zero-order chi connectivity index (χ0) is 14.3. The van der Waals surface area contributed by atoms with Crippen molar-refractivity contribution in [3.63, 3.8) is 0 Å². The summed E-state index contributed by atoms with van der Waals surface area (Å²) in [7, 11) is 0. The van der Waals surface area contributed by atoms with Crippen LogP contribution < -0.4 is 0 Å². The van der Waals surface area contributed by atoms with Crippen molar-refractivity contribution in [1.29, 1.82) is 0 Å². The quantitative estimate of drug-likeness (QED) is 0.546. The summed E-state index contributed by atoms with van der Waals surface area (Å²) in [6, 6.07) is 0. The molecule has 0 N–H and O–H groups in total. The average molecular weight is 264 g/mol. The van der Waals surface area contributed by atoms with Crippen LogP contribution in [0.25, 0.3) is 0 Å². The molecule has 4 nitrogen and oxygen atoms in total. The van der Waals surface area contributed by atoms with Gasteiger partial charge < -0.3 is 9.47 Å². The number of carbonyl (C=O) groups is 2. The molecule has 0 radical (unpaired) electrons. The van der Waals surface area contributed by atoms with Crippen molar-refractivity contribution in [2.45, 2.75) is 19.3 Å². The molecule has 1 aliphatic rings. The first kappa shape index (κ1) is 15.2. The predicted molar refractivity (Wildman–Crippen MR) is 72.3 cm³/mol. The van der Waals surface area contributed by atoms with Gasteiger partial charge in [-0.05, 0) is 19.3 Å². The van der Waals surface area contributed by atoms with Gasteiger partial charge in [0.1, 0.15) is 13.2 Å². The molecular formula is C15H20O4. The van der Waals surface area contributed by atoms with E-state index in [9.17, 15) is 9.59 Å². The van der Waals surface area contributed by atoms with Crippen molar-refractivity contribution in [1.82, 2.24) is 0 Å². The van der Waals surface area contributed by atoms with Crippen LogP contribution in [0.3, 0.4) is 0 Å². The zero-order valence-electron chi connectivity index (χ0n) is 11.1. The second-order valence-electron chi connectivity index (χ2n) is 4.52. The van der Waals surface area contributed by atoms with Gasteiger partial charge in [-0.1, -0.05) is 37.5 Å². The first-order chi connectivity index (χ1) is 9.10. The van der Waals surface area contributed by atoms with Crippen molar-refractivity contribution in [2.75, 3.05) is 13.2 Å². The van der Waals surface area contributed by atoms with E-state index in [0.717, 1.165) is 5.57 Å². The van der Waals surface area contributed by atoms with Crippen molar-refractivity contribution in [3.05, 3.63) is 37.5 Å². The summed E-state index contributed by atoms with van der Waals surface area (Å²) < 4.78 is 10.0. The molecule has 0 bridgehead atoms. The molecule has 4 heteroatoms. The highest BCUT2D eigenvalue weighted by molar-refractivity contribution is 5.79. The Bertz CT molecular complexity index is 384. The highest BCUT2D eigenvalue weighted by Crippen LogP contribution is 2.34. The van der Waals surface area contributed by atoms with Gasteiger partial charge in [-0.25, -0.2) is 0 Å². The highest BCUT2D eigenvalue weighted by Gasteiger charge is 2.35. The summed E-state index contributed by atoms with van der Waals surface area (Å²) >= 11 is 0. The molecule has 0 spiro atoms. The lowest BCUT2D eigenvalue weighted by Gasteiger charge is -2.28. The largest absolute Gasteiger partial charge is 0.461 e. The maximum atomic E-state index is 11.9. The van der Waals surface area contributed by atoms with Crippen LogP contribution in [0.2, 0.25) is 0 Å². The van der Waals surface area contributed by atoms with Gasteiger partial charge in [0.05, 0.1) is 11.8 Å². The van der Waals surface area contributed by atoms with Crippen LogP contribution in [0, 0.1) is 11.8 Å². The van der Waals surface area contributed by atoms with E-state index in [1.807, 2.05) is 0 Å². The lowest BCUT2D eigenvalue weighted by atomic mass is 9.78. The monoisotopic (exact) mass is 264 g/mol. The van der Waals surface area contributed by atoms with E-state index in [2.05, 4.69) is 19.7 Å². The van der Waals surface area contributed by atoms with E-state index in [4.69, 9.17) is 9.47 Å². The van der Waals surface area contributed by atoms with E-state index in [-0.39, 0.29) is 31.1 Å². The van der Waals surface area contributed by atoms with E-state index in [1.165, 1.54) is 12.2 Å². The summed E-state index contributed by atoms with van der Waals surface area (Å²) in [5.41, 5.74) is 0.821. The Morgan fingerprint density at radius 3 is 2.32 bits per heavy atom. The summed E-state index contributed by atoms with van der Waals surface area (Å²) in [5, 5.41) is 0. The molecule has 0 aromatic rings. The van der Waals surface area contributed by atoms with Crippen molar-refractivity contribution >= 4 is 11.9 Å². The number of rotatable bonds is 6. The lowest BCUT2D eigenvalue weighted by Crippen LogP contribution is -2.31. The molecule has 2 atom stereocenters. The molecule has 0 aliphatic heterocycles. The predicted octanol–water partition coefficient (Wildman–Crippen LogP) is 2.42. The van der Waals surface area contributed by atoms with Crippen molar-refractivity contribution < 1.29 is 19.1 Å². The fourth-order valence-corrected chi connectivity index (χ4v) is 2.08. The normalized spacial score (nSPS) is 22.4. The molecule has 1 aliphatic carbocycles. The van der Waals surface area contributed by atoms with E-state index in [1.54, 1.807) is 0 Å². The first-order valence-corrected chi connectivity index (χ1v) is 6.32. The smallest absolute Gasteiger partial charge is 0.313 e. The Hall–Kier alpha value is -1.84. The highest BCUT2D eigenvalue weighted by atomic mass is 16.5. The Labute approximate surface area is 113 Å². The minimum absolute atomic E-state index is 0.175. The minimum Gasteiger partial charge on any atom is -0.461 e. The number of esters is 2. The average Bonchev–Trinajstić information content (AvgIpc) is 2.42. The molecule has 0 aromatic carbocycles. The van der Waals surface area contributed by atoms with Gasteiger partial charge in [-0.3, -0.25) is 9.59 Å². The van der Waals surface area contributed by atoms with Crippen LogP contribution in [0.4, 0.5) is 0 Å². The topological polar surface area (TPSA) is 52.6 Å². The van der Waals surface area contributed by atoms with Crippen LogP contribution in [0.15, 0.2) is 37.5 Å². The second kappa shape index (κ2) is 7.56. The van der Waals surface area contributed by atoms with Crippen LogP contribution in [-0.4, -0.2) is 25.2 Å². The van der Waals surface area contributed by atoms with Crippen molar-refractivity contribution in [3.8, 4) is 0 Å². The molecule has 104 valence electrons. The molecule has 0 heterocycles. The molecule has 0 amide bonds. The lowest BCUT2D eigenvalue weighted by molar-refractivity contribution is -0.151. The van der Waals surface area contributed by atoms with Crippen LogP contribution in [0.5, 0.6) is 0 Å². The third-order valence-corrected chi connectivity index (χ3v) is 3.13. The summed E-state index contributed by atoms with van der Waals surface area (Å²) in [6.45, 7) is 11.2. The van der Waals surface area contributed by atoms with Crippen LogP contribution in [0.1, 0.15) is 19.3 Å². The fraction of sp³-hybridized carbons (Fsp3) is 0.467. The summed E-state index contributed by atoms with van der Waals surface area (Å²) in [5.74, 6) is -1.32. The summed E-state index contributed by atoms with van der Waals surface area (Å²) in [4.78, 5) is 23.6. The third-order valence-electron chi connectivity index (χ3n) is 3.13. The molecule has 0 saturated heterocycles. The molecule has 1 saturated carbocycles. The van der Waals surface area contributed by atoms with Crippen molar-refractivity contribution in [2.24, 2.45) is 11.8 Å². The van der Waals surface area contributed by atoms with Gasteiger partial charge in [0, 0.05) is 0 Å². The Balaban J connectivity index is 2.59. The van der Waals surface area contributed by atoms with E-state index >= 15 is 0 Å². The number of ether oxygens (including phenoxy) is 2. The van der Waals surface area contributed by atoms with E-state index < -0.39 is 5.92 Å². The number of hydrogen-bond acceptors (Lipinski definition) is 4. The maximum Gasteiger partial charge on any atom is 0.313 e. The second-order valence-corrected chi connectivity index (χ2v) is 4.52. The standard InChI is InChI=1S/C15H20O4/c1-4-8-18-14(16)12-7-6-11(3)13(10-12)15(17)19-9-5-2/h4-5,12-13H,1-3,6-10H2. The van der Waals surface area contributed by atoms with Gasteiger partial charge in [-0.15, -0.1) is 0 Å². The fourth-order valence-electron chi connectivity index (χ4n) is 2.08. The molecular weight excluding hydrogens is 244 g/mol. The molecule has 2 unspecified atom stereocenters. The Kier molecular flexibility index (Phi) is 6.06. The summed E-state index contributed by atoms with van der Waals surface area (Å²) in [6.07, 6.45) is 4.75. The maximum absolute atomic E-state index is 11.9. The van der Waals surface area contributed by atoms with E-state index in [0.29, 0.717) is 19.3 Å². The SMILES string of the molecule is C=CCOC(=O)C1CCC(=C)C(C(=O)OCC=C)C1. The third kappa shape index (κ3) is 4.39. The van der Waals surface area contributed by atoms with Gasteiger partial charge in [0.15, 0.2) is 0 Å². The number of carbonyl (C=O) groups excluding carboxylic acids is 2. The Morgan fingerprint density at radius 2 is 1.74 bits per heavy atom. The first-order valence-electron chi connectivity index (χ1n) is 6.32. The molecule has 1 rings (SSSR count). The molecule has 19 heavy (non-hydrogen) atoms. The van der Waals surface area contributed by atoms with Crippen LogP contribution >= 0.6 is 0 Å². The van der Waals surface area contributed by atoms with Gasteiger partial charge in [-0.2, -0.15) is 0 Å². The van der Waals surface area contributed by atoms with Gasteiger partial charge in [0.2, 0.25) is 0 Å². The number of hydrogen-bond donors (Lipinski definition) is 0. The van der Waals surface area contributed by atoms with Crippen LogP contribution in [-0.2, 0) is 19.1 Å².